The Kier molecular flexibility index (Phi) is 4.27. The largest absolute Gasteiger partial charge is 0.481 e. The third-order valence-corrected chi connectivity index (χ3v) is 3.75. The van der Waals surface area contributed by atoms with E-state index in [1.165, 1.54) is 0 Å². The van der Waals surface area contributed by atoms with Crippen LogP contribution in [0.4, 0.5) is 5.82 Å². The summed E-state index contributed by atoms with van der Waals surface area (Å²) in [5, 5.41) is 11.9. The lowest BCUT2D eigenvalue weighted by Crippen LogP contribution is -2.15. The Morgan fingerprint density at radius 2 is 1.95 bits per heavy atom. The van der Waals surface area contributed by atoms with E-state index in [1.54, 1.807) is 12.4 Å². The minimum Gasteiger partial charge on any atom is -0.481 e. The second kappa shape index (κ2) is 6.51. The molecule has 6 nitrogen and oxygen atoms in total. The Hall–Kier alpha value is -2.50. The van der Waals surface area contributed by atoms with Crippen molar-refractivity contribution < 1.29 is 9.90 Å². The number of carboxylic acid groups (broad SMARTS) is 1. The van der Waals surface area contributed by atoms with E-state index < -0.39 is 5.97 Å². The molecule has 1 aliphatic carbocycles. The molecule has 3 rings (SSSR count). The van der Waals surface area contributed by atoms with Gasteiger partial charge in [0, 0.05) is 35.8 Å². The van der Waals surface area contributed by atoms with Crippen molar-refractivity contribution in [2.45, 2.75) is 32.1 Å². The summed E-state index contributed by atoms with van der Waals surface area (Å²) in [6.07, 6.45) is 7.66. The molecule has 0 atom stereocenters. The first kappa shape index (κ1) is 14.4. The molecular formula is C16H18N4O2. The Morgan fingerprint density at radius 3 is 2.73 bits per heavy atom. The predicted molar refractivity (Wildman–Crippen MR) is 82.6 cm³/mol. The molecule has 0 saturated heterocycles. The van der Waals surface area contributed by atoms with Crippen molar-refractivity contribution in [1.29, 1.82) is 0 Å². The minimum absolute atomic E-state index is 0.0728. The van der Waals surface area contributed by atoms with E-state index in [0.717, 1.165) is 48.3 Å². The van der Waals surface area contributed by atoms with Crippen molar-refractivity contribution in [1.82, 2.24) is 15.0 Å². The molecule has 0 fully saturated rings. The zero-order valence-corrected chi connectivity index (χ0v) is 12.2. The van der Waals surface area contributed by atoms with Gasteiger partial charge in [0.25, 0.3) is 0 Å². The lowest BCUT2D eigenvalue weighted by molar-refractivity contribution is -0.136. The van der Waals surface area contributed by atoms with Gasteiger partial charge in [-0.05, 0) is 37.8 Å². The third-order valence-electron chi connectivity index (χ3n) is 3.75. The Labute approximate surface area is 128 Å². The topological polar surface area (TPSA) is 88.0 Å². The number of carboxylic acids is 1. The molecule has 2 N–H and O–H groups in total. The van der Waals surface area contributed by atoms with E-state index in [2.05, 4.69) is 15.3 Å². The van der Waals surface area contributed by atoms with Crippen LogP contribution >= 0.6 is 0 Å². The van der Waals surface area contributed by atoms with E-state index >= 15 is 0 Å². The lowest BCUT2D eigenvalue weighted by Gasteiger charge is -2.19. The van der Waals surface area contributed by atoms with Crippen molar-refractivity contribution >= 4 is 11.8 Å². The Morgan fingerprint density at radius 1 is 1.18 bits per heavy atom. The number of hydrogen-bond acceptors (Lipinski definition) is 5. The molecule has 0 bridgehead atoms. The van der Waals surface area contributed by atoms with E-state index in [4.69, 9.17) is 10.1 Å². The van der Waals surface area contributed by atoms with Crippen LogP contribution in [0.2, 0.25) is 0 Å². The van der Waals surface area contributed by atoms with Gasteiger partial charge >= 0.3 is 5.97 Å². The summed E-state index contributed by atoms with van der Waals surface area (Å²) in [6.45, 7) is 0.370. The maximum Gasteiger partial charge on any atom is 0.305 e. The molecule has 1 aliphatic rings. The monoisotopic (exact) mass is 298 g/mol. The molecule has 2 aromatic heterocycles. The number of carbonyl (C=O) groups is 1. The summed E-state index contributed by atoms with van der Waals surface area (Å²) in [5.41, 5.74) is 3.13. The van der Waals surface area contributed by atoms with Crippen molar-refractivity contribution in [2.24, 2.45) is 0 Å². The zero-order valence-electron chi connectivity index (χ0n) is 12.2. The van der Waals surface area contributed by atoms with Gasteiger partial charge in [-0.2, -0.15) is 0 Å². The molecule has 0 spiro atoms. The van der Waals surface area contributed by atoms with Crippen molar-refractivity contribution in [3.63, 3.8) is 0 Å². The highest BCUT2D eigenvalue weighted by atomic mass is 16.4. The fourth-order valence-corrected chi connectivity index (χ4v) is 2.66. The van der Waals surface area contributed by atoms with E-state index in [-0.39, 0.29) is 6.42 Å². The van der Waals surface area contributed by atoms with E-state index in [1.807, 2.05) is 12.1 Å². The molecule has 0 unspecified atom stereocenters. The lowest BCUT2D eigenvalue weighted by atomic mass is 9.96. The Balaban J connectivity index is 1.94. The van der Waals surface area contributed by atoms with Crippen LogP contribution in [0.25, 0.3) is 11.4 Å². The van der Waals surface area contributed by atoms with E-state index in [9.17, 15) is 4.79 Å². The van der Waals surface area contributed by atoms with Gasteiger partial charge in [-0.3, -0.25) is 9.78 Å². The highest BCUT2D eigenvalue weighted by Crippen LogP contribution is 2.28. The average Bonchev–Trinajstić information content (AvgIpc) is 2.55. The summed E-state index contributed by atoms with van der Waals surface area (Å²) in [5.74, 6) is 0.628. The minimum atomic E-state index is -0.815. The summed E-state index contributed by atoms with van der Waals surface area (Å²) in [6, 6.07) is 3.76. The standard InChI is InChI=1S/C16H18N4O2/c21-14(22)7-10-18-16-12-3-1-2-4-13(12)19-15(20-16)11-5-8-17-9-6-11/h5-6,8-9H,1-4,7,10H2,(H,21,22)(H,18,19,20). The zero-order chi connectivity index (χ0) is 15.4. The molecule has 0 aliphatic heterocycles. The number of anilines is 1. The maximum atomic E-state index is 10.7. The predicted octanol–water partition coefficient (Wildman–Crippen LogP) is 2.30. The number of aromatic nitrogens is 3. The molecule has 0 amide bonds. The molecule has 2 heterocycles. The molecular weight excluding hydrogens is 280 g/mol. The highest BCUT2D eigenvalue weighted by Gasteiger charge is 2.18. The van der Waals surface area contributed by atoms with Crippen LogP contribution in [0.1, 0.15) is 30.5 Å². The number of pyridine rings is 1. The summed E-state index contributed by atoms with van der Waals surface area (Å²) in [4.78, 5) is 24.0. The molecule has 0 aromatic carbocycles. The summed E-state index contributed by atoms with van der Waals surface area (Å²) >= 11 is 0. The van der Waals surface area contributed by atoms with Crippen LogP contribution < -0.4 is 5.32 Å². The van der Waals surface area contributed by atoms with Crippen LogP contribution in [0, 0.1) is 0 Å². The third kappa shape index (κ3) is 3.21. The molecule has 22 heavy (non-hydrogen) atoms. The van der Waals surface area contributed by atoms with Gasteiger partial charge in [0.05, 0.1) is 6.42 Å². The van der Waals surface area contributed by atoms with Crippen molar-refractivity contribution in [3.8, 4) is 11.4 Å². The fraction of sp³-hybridized carbons (Fsp3) is 0.375. The van der Waals surface area contributed by atoms with Gasteiger partial charge < -0.3 is 10.4 Å². The number of rotatable bonds is 5. The first-order valence-corrected chi connectivity index (χ1v) is 7.50. The fourth-order valence-electron chi connectivity index (χ4n) is 2.66. The number of nitrogens with one attached hydrogen (secondary N) is 1. The normalized spacial score (nSPS) is 13.5. The van der Waals surface area contributed by atoms with Gasteiger partial charge in [0.2, 0.25) is 0 Å². The molecule has 114 valence electrons. The van der Waals surface area contributed by atoms with Crippen LogP contribution in [0.3, 0.4) is 0 Å². The molecule has 2 aromatic rings. The number of hydrogen-bond donors (Lipinski definition) is 2. The van der Waals surface area contributed by atoms with Crippen LogP contribution in [-0.2, 0) is 17.6 Å². The van der Waals surface area contributed by atoms with E-state index in [0.29, 0.717) is 12.4 Å². The van der Waals surface area contributed by atoms with Gasteiger partial charge in [0.1, 0.15) is 5.82 Å². The molecule has 6 heteroatoms. The summed E-state index contributed by atoms with van der Waals surface area (Å²) < 4.78 is 0. The van der Waals surface area contributed by atoms with Crippen LogP contribution in [-0.4, -0.2) is 32.6 Å². The first-order valence-electron chi connectivity index (χ1n) is 7.50. The SMILES string of the molecule is O=C(O)CCNc1nc(-c2ccncc2)nc2c1CCCC2. The van der Waals surface area contributed by atoms with Crippen LogP contribution in [0.15, 0.2) is 24.5 Å². The van der Waals surface area contributed by atoms with Gasteiger partial charge in [-0.15, -0.1) is 0 Å². The second-order valence-corrected chi connectivity index (χ2v) is 5.33. The van der Waals surface area contributed by atoms with Crippen molar-refractivity contribution in [3.05, 3.63) is 35.8 Å². The smallest absolute Gasteiger partial charge is 0.305 e. The Bertz CT molecular complexity index is 673. The van der Waals surface area contributed by atoms with Gasteiger partial charge in [0.15, 0.2) is 5.82 Å². The number of nitrogens with zero attached hydrogens (tertiary/aromatic N) is 3. The number of aliphatic carboxylic acids is 1. The van der Waals surface area contributed by atoms with Crippen molar-refractivity contribution in [2.75, 3.05) is 11.9 Å². The average molecular weight is 298 g/mol. The number of aryl methyl sites for hydroxylation is 1. The van der Waals surface area contributed by atoms with Gasteiger partial charge in [-0.25, -0.2) is 9.97 Å². The quantitative estimate of drug-likeness (QED) is 0.880. The van der Waals surface area contributed by atoms with Crippen LogP contribution in [0.5, 0.6) is 0 Å². The summed E-state index contributed by atoms with van der Waals surface area (Å²) in [7, 11) is 0. The highest BCUT2D eigenvalue weighted by molar-refractivity contribution is 5.67. The first-order chi connectivity index (χ1) is 10.7. The van der Waals surface area contributed by atoms with Gasteiger partial charge in [-0.1, -0.05) is 0 Å². The molecule has 0 radical (unpaired) electrons. The second-order valence-electron chi connectivity index (χ2n) is 5.33. The number of fused-ring (bicyclic) bond motifs is 1. The molecule has 0 saturated carbocycles. The maximum absolute atomic E-state index is 10.7.